The molecule has 0 radical (unpaired) electrons. The molecule has 1 saturated carbocycles. The van der Waals surface area contributed by atoms with Gasteiger partial charge in [-0.15, -0.1) is 0 Å². The number of nitrogens with two attached hydrogens (primary N) is 1. The SMILES string of the molecule is COC(=O)C(N)CCSC1CC(C)CC(C)C1. The van der Waals surface area contributed by atoms with Crippen LogP contribution in [0.1, 0.15) is 39.5 Å². The van der Waals surface area contributed by atoms with Crippen molar-refractivity contribution >= 4 is 17.7 Å². The molecule has 0 saturated heterocycles. The molecule has 0 aliphatic heterocycles. The predicted molar refractivity (Wildman–Crippen MR) is 73.0 cm³/mol. The largest absolute Gasteiger partial charge is 0.468 e. The molecule has 0 spiro atoms. The smallest absolute Gasteiger partial charge is 0.322 e. The summed E-state index contributed by atoms with van der Waals surface area (Å²) in [6.45, 7) is 4.67. The molecule has 4 heteroatoms. The van der Waals surface area contributed by atoms with E-state index in [1.54, 1.807) is 0 Å². The van der Waals surface area contributed by atoms with Crippen LogP contribution in [0.3, 0.4) is 0 Å². The monoisotopic (exact) mass is 259 g/mol. The Labute approximate surface area is 109 Å². The molecule has 1 fully saturated rings. The number of carbonyl (C=O) groups is 1. The topological polar surface area (TPSA) is 52.3 Å². The van der Waals surface area contributed by atoms with Gasteiger partial charge in [-0.25, -0.2) is 0 Å². The fraction of sp³-hybridized carbons (Fsp3) is 0.923. The zero-order chi connectivity index (χ0) is 12.8. The number of ether oxygens (including phenoxy) is 1. The normalized spacial score (nSPS) is 30.9. The second-order valence-corrected chi connectivity index (χ2v) is 6.74. The van der Waals surface area contributed by atoms with Crippen LogP contribution in [-0.2, 0) is 9.53 Å². The first-order chi connectivity index (χ1) is 8.02. The van der Waals surface area contributed by atoms with E-state index >= 15 is 0 Å². The number of esters is 1. The molecule has 0 heterocycles. The fourth-order valence-corrected chi connectivity index (χ4v) is 4.29. The summed E-state index contributed by atoms with van der Waals surface area (Å²) in [6, 6.07) is -0.453. The van der Waals surface area contributed by atoms with Crippen LogP contribution in [0.4, 0.5) is 0 Å². The summed E-state index contributed by atoms with van der Waals surface area (Å²) in [5.74, 6) is 2.34. The summed E-state index contributed by atoms with van der Waals surface area (Å²) in [4.78, 5) is 11.1. The van der Waals surface area contributed by atoms with Gasteiger partial charge in [0.1, 0.15) is 6.04 Å². The third kappa shape index (κ3) is 5.30. The highest BCUT2D eigenvalue weighted by Gasteiger charge is 2.24. The third-order valence-electron chi connectivity index (χ3n) is 3.42. The van der Waals surface area contributed by atoms with Crippen LogP contribution in [0, 0.1) is 11.8 Å². The lowest BCUT2D eigenvalue weighted by atomic mass is 9.83. The van der Waals surface area contributed by atoms with E-state index in [0.29, 0.717) is 0 Å². The summed E-state index contributed by atoms with van der Waals surface area (Å²) in [5.41, 5.74) is 5.71. The van der Waals surface area contributed by atoms with Gasteiger partial charge in [-0.1, -0.05) is 13.8 Å². The minimum Gasteiger partial charge on any atom is -0.468 e. The molecule has 3 nitrogen and oxygen atoms in total. The molecular weight excluding hydrogens is 234 g/mol. The maximum Gasteiger partial charge on any atom is 0.322 e. The Balaban J connectivity index is 2.20. The van der Waals surface area contributed by atoms with Crippen molar-refractivity contribution in [1.82, 2.24) is 0 Å². The van der Waals surface area contributed by atoms with Crippen molar-refractivity contribution in [1.29, 1.82) is 0 Å². The summed E-state index contributed by atoms with van der Waals surface area (Å²) < 4.78 is 4.62. The van der Waals surface area contributed by atoms with Crippen molar-refractivity contribution in [3.05, 3.63) is 0 Å². The molecule has 0 aromatic carbocycles. The lowest BCUT2D eigenvalue weighted by Crippen LogP contribution is -2.32. The molecule has 1 rings (SSSR count). The average molecular weight is 259 g/mol. The van der Waals surface area contributed by atoms with Crippen LogP contribution < -0.4 is 5.73 Å². The highest BCUT2D eigenvalue weighted by Crippen LogP contribution is 2.35. The highest BCUT2D eigenvalue weighted by molar-refractivity contribution is 7.99. The molecule has 3 atom stereocenters. The van der Waals surface area contributed by atoms with Gasteiger partial charge in [0.05, 0.1) is 7.11 Å². The molecule has 2 N–H and O–H groups in total. The highest BCUT2D eigenvalue weighted by atomic mass is 32.2. The minimum absolute atomic E-state index is 0.295. The third-order valence-corrected chi connectivity index (χ3v) is 4.75. The standard InChI is InChI=1S/C13H25NO2S/c1-9-6-10(2)8-11(7-9)17-5-4-12(14)13(15)16-3/h9-12H,4-8,14H2,1-3H3. The quantitative estimate of drug-likeness (QED) is 0.770. The van der Waals surface area contributed by atoms with Crippen molar-refractivity contribution in [3.8, 4) is 0 Å². The first-order valence-corrected chi connectivity index (χ1v) is 7.52. The zero-order valence-electron chi connectivity index (χ0n) is 11.1. The van der Waals surface area contributed by atoms with Crippen molar-refractivity contribution in [2.75, 3.05) is 12.9 Å². The number of methoxy groups -OCH3 is 1. The molecular formula is C13H25NO2S. The average Bonchev–Trinajstić information content (AvgIpc) is 2.26. The van der Waals surface area contributed by atoms with Gasteiger partial charge in [-0.05, 0) is 43.3 Å². The van der Waals surface area contributed by atoms with Crippen LogP contribution in [0.15, 0.2) is 0 Å². The maximum absolute atomic E-state index is 11.1. The van der Waals surface area contributed by atoms with Crippen molar-refractivity contribution in [3.63, 3.8) is 0 Å². The number of carbonyl (C=O) groups excluding carboxylic acids is 1. The minimum atomic E-state index is -0.453. The van der Waals surface area contributed by atoms with Gasteiger partial charge in [0, 0.05) is 5.25 Å². The fourth-order valence-electron chi connectivity index (χ4n) is 2.64. The van der Waals surface area contributed by atoms with Gasteiger partial charge in [0.25, 0.3) is 0 Å². The molecule has 0 aromatic heterocycles. The zero-order valence-corrected chi connectivity index (χ0v) is 12.0. The Morgan fingerprint density at radius 1 is 1.35 bits per heavy atom. The lowest BCUT2D eigenvalue weighted by Gasteiger charge is -2.31. The number of hydrogen-bond donors (Lipinski definition) is 1. The van der Waals surface area contributed by atoms with Gasteiger partial charge >= 0.3 is 5.97 Å². The summed E-state index contributed by atoms with van der Waals surface area (Å²) in [7, 11) is 1.39. The Bertz CT molecular complexity index is 238. The van der Waals surface area contributed by atoms with Crippen molar-refractivity contribution in [2.45, 2.75) is 50.8 Å². The van der Waals surface area contributed by atoms with Gasteiger partial charge in [0.2, 0.25) is 0 Å². The number of hydrogen-bond acceptors (Lipinski definition) is 4. The van der Waals surface area contributed by atoms with Gasteiger partial charge < -0.3 is 10.5 Å². The van der Waals surface area contributed by atoms with Crippen LogP contribution in [0.2, 0.25) is 0 Å². The van der Waals surface area contributed by atoms with E-state index < -0.39 is 6.04 Å². The molecule has 17 heavy (non-hydrogen) atoms. The van der Waals surface area contributed by atoms with Gasteiger partial charge in [0.15, 0.2) is 0 Å². The first kappa shape index (κ1) is 14.8. The summed E-state index contributed by atoms with van der Waals surface area (Å²) in [6.07, 6.45) is 4.69. The van der Waals surface area contributed by atoms with E-state index in [9.17, 15) is 4.79 Å². The maximum atomic E-state index is 11.1. The van der Waals surface area contributed by atoms with Crippen LogP contribution in [0.25, 0.3) is 0 Å². The molecule has 1 aliphatic rings. The van der Waals surface area contributed by atoms with Gasteiger partial charge in [-0.2, -0.15) is 11.8 Å². The Morgan fingerprint density at radius 3 is 2.47 bits per heavy atom. The van der Waals surface area contributed by atoms with Crippen LogP contribution in [-0.4, -0.2) is 30.1 Å². The Hall–Kier alpha value is -0.220. The van der Waals surface area contributed by atoms with E-state index in [-0.39, 0.29) is 5.97 Å². The van der Waals surface area contributed by atoms with Crippen molar-refractivity contribution < 1.29 is 9.53 Å². The van der Waals surface area contributed by atoms with E-state index in [1.165, 1.54) is 26.4 Å². The molecule has 100 valence electrons. The van der Waals surface area contributed by atoms with Crippen molar-refractivity contribution in [2.24, 2.45) is 17.6 Å². The Kier molecular flexibility index (Phi) is 6.34. The summed E-state index contributed by atoms with van der Waals surface area (Å²) in [5, 5.41) is 0.749. The number of thioether (sulfide) groups is 1. The van der Waals surface area contributed by atoms with E-state index in [0.717, 1.165) is 29.3 Å². The van der Waals surface area contributed by atoms with E-state index in [2.05, 4.69) is 18.6 Å². The summed E-state index contributed by atoms with van der Waals surface area (Å²) >= 11 is 1.97. The lowest BCUT2D eigenvalue weighted by molar-refractivity contribution is -0.142. The van der Waals surface area contributed by atoms with E-state index in [1.807, 2.05) is 11.8 Å². The predicted octanol–water partition coefficient (Wildman–Crippen LogP) is 2.43. The van der Waals surface area contributed by atoms with Crippen LogP contribution >= 0.6 is 11.8 Å². The second-order valence-electron chi connectivity index (χ2n) is 5.33. The number of rotatable bonds is 5. The molecule has 3 unspecified atom stereocenters. The molecule has 0 amide bonds. The molecule has 1 aliphatic carbocycles. The first-order valence-electron chi connectivity index (χ1n) is 6.48. The van der Waals surface area contributed by atoms with E-state index in [4.69, 9.17) is 5.73 Å². The molecule has 0 aromatic rings. The second kappa shape index (κ2) is 7.27. The van der Waals surface area contributed by atoms with Gasteiger partial charge in [-0.3, -0.25) is 4.79 Å². The van der Waals surface area contributed by atoms with Crippen LogP contribution in [0.5, 0.6) is 0 Å². The molecule has 0 bridgehead atoms. The Morgan fingerprint density at radius 2 is 1.94 bits per heavy atom.